The quantitative estimate of drug-likeness (QED) is 0.529. The number of carbonyl (C=O) groups excluding carboxylic acids is 3. The van der Waals surface area contributed by atoms with Gasteiger partial charge in [-0.15, -0.1) is 0 Å². The summed E-state index contributed by atoms with van der Waals surface area (Å²) in [5.74, 6) is -2.70. The van der Waals surface area contributed by atoms with Gasteiger partial charge in [-0.25, -0.2) is 9.18 Å². The molecule has 2 aromatic rings. The first-order chi connectivity index (χ1) is 13.2. The second-order valence-corrected chi connectivity index (χ2v) is 6.56. The van der Waals surface area contributed by atoms with Crippen LogP contribution in [0.3, 0.4) is 0 Å². The van der Waals surface area contributed by atoms with Gasteiger partial charge < -0.3 is 10.1 Å². The average molecular weight is 410 g/mol. The minimum Gasteiger partial charge on any atom is -0.454 e. The van der Waals surface area contributed by atoms with Gasteiger partial charge >= 0.3 is 5.97 Å². The molecule has 0 spiro atoms. The third kappa shape index (κ3) is 5.16. The van der Waals surface area contributed by atoms with Crippen LogP contribution in [0.2, 0.25) is 5.15 Å². The molecule has 1 amide bonds. The Balaban J connectivity index is 2.06. The first kappa shape index (κ1) is 21.6. The molecule has 1 aromatic carbocycles. The molecular formula is C19H21ClFN3O4. The zero-order valence-corrected chi connectivity index (χ0v) is 16.6. The first-order valence-electron chi connectivity index (χ1n) is 8.75. The van der Waals surface area contributed by atoms with Crippen LogP contribution in [0, 0.1) is 12.7 Å². The normalized spacial score (nSPS) is 10.6. The summed E-state index contributed by atoms with van der Waals surface area (Å²) in [5.41, 5.74) is 0.459. The molecule has 1 aromatic heterocycles. The Labute approximate surface area is 166 Å². The molecular weight excluding hydrogens is 389 g/mol. The summed E-state index contributed by atoms with van der Waals surface area (Å²) in [4.78, 5) is 35.5. The molecule has 0 radical (unpaired) electrons. The summed E-state index contributed by atoms with van der Waals surface area (Å²) in [6, 6.07) is 3.63. The smallest absolute Gasteiger partial charge is 0.343 e. The van der Waals surface area contributed by atoms with Crippen molar-refractivity contribution >= 4 is 34.9 Å². The van der Waals surface area contributed by atoms with Crippen molar-refractivity contribution in [3.8, 4) is 0 Å². The standard InChI is InChI=1S/C19H21ClFN3O4/c1-4-5-8-24-18(20)17(11(2)23-24)19(27)28-10-16(26)14-7-6-13(9-15(14)21)22-12(3)25/h6-7,9H,4-5,8,10H2,1-3H3,(H,22,25). The number of esters is 1. The Bertz CT molecular complexity index is 911. The van der Waals surface area contributed by atoms with Gasteiger partial charge in [0.15, 0.2) is 6.61 Å². The maximum atomic E-state index is 14.1. The van der Waals surface area contributed by atoms with Crippen LogP contribution >= 0.6 is 11.6 Å². The molecule has 1 N–H and O–H groups in total. The number of nitrogens with zero attached hydrogens (tertiary/aromatic N) is 2. The lowest BCUT2D eigenvalue weighted by Gasteiger charge is -2.07. The summed E-state index contributed by atoms with van der Waals surface area (Å²) < 4.78 is 20.6. The van der Waals surface area contributed by atoms with Gasteiger partial charge in [-0.3, -0.25) is 14.3 Å². The lowest BCUT2D eigenvalue weighted by molar-refractivity contribution is -0.114. The zero-order chi connectivity index (χ0) is 20.8. The van der Waals surface area contributed by atoms with Crippen molar-refractivity contribution in [2.45, 2.75) is 40.2 Å². The number of hydrogen-bond donors (Lipinski definition) is 1. The Hall–Kier alpha value is -2.74. The molecule has 0 unspecified atom stereocenters. The number of ketones is 1. The number of aryl methyl sites for hydroxylation is 2. The topological polar surface area (TPSA) is 90.3 Å². The number of hydrogen-bond acceptors (Lipinski definition) is 5. The molecule has 9 heteroatoms. The molecule has 0 aliphatic heterocycles. The lowest BCUT2D eigenvalue weighted by atomic mass is 10.1. The minimum atomic E-state index is -0.825. The van der Waals surface area contributed by atoms with Crippen LogP contribution < -0.4 is 5.32 Å². The van der Waals surface area contributed by atoms with Gasteiger partial charge in [-0.05, 0) is 31.5 Å². The Morgan fingerprint density at radius 3 is 2.64 bits per heavy atom. The molecule has 1 heterocycles. The van der Waals surface area contributed by atoms with Crippen LogP contribution in [0.1, 0.15) is 53.1 Å². The summed E-state index contributed by atoms with van der Waals surface area (Å²) in [6.07, 6.45) is 1.79. The molecule has 0 fully saturated rings. The second-order valence-electron chi connectivity index (χ2n) is 6.20. The van der Waals surface area contributed by atoms with Gasteiger partial charge in [0.1, 0.15) is 16.5 Å². The van der Waals surface area contributed by atoms with Crippen LogP contribution in [0.4, 0.5) is 10.1 Å². The summed E-state index contributed by atoms with van der Waals surface area (Å²) in [5, 5.41) is 6.77. The van der Waals surface area contributed by atoms with Gasteiger partial charge in [0.25, 0.3) is 0 Å². The summed E-state index contributed by atoms with van der Waals surface area (Å²) in [6.45, 7) is 4.84. The number of ether oxygens (including phenoxy) is 1. The van der Waals surface area contributed by atoms with Gasteiger partial charge in [0.05, 0.1) is 11.3 Å². The summed E-state index contributed by atoms with van der Waals surface area (Å²) in [7, 11) is 0. The predicted molar refractivity (Wildman–Crippen MR) is 102 cm³/mol. The first-order valence-corrected chi connectivity index (χ1v) is 9.12. The third-order valence-electron chi connectivity index (χ3n) is 3.92. The monoisotopic (exact) mass is 409 g/mol. The van der Waals surface area contributed by atoms with Gasteiger partial charge in [-0.1, -0.05) is 24.9 Å². The molecule has 0 saturated carbocycles. The van der Waals surface area contributed by atoms with Crippen molar-refractivity contribution in [1.29, 1.82) is 0 Å². The molecule has 0 saturated heterocycles. The highest BCUT2D eigenvalue weighted by molar-refractivity contribution is 6.32. The zero-order valence-electron chi connectivity index (χ0n) is 15.8. The maximum Gasteiger partial charge on any atom is 0.343 e. The number of rotatable bonds is 8. The van der Waals surface area contributed by atoms with E-state index < -0.39 is 24.2 Å². The minimum absolute atomic E-state index is 0.0899. The SMILES string of the molecule is CCCCn1nc(C)c(C(=O)OCC(=O)c2ccc(NC(C)=O)cc2F)c1Cl. The average Bonchev–Trinajstić information content (AvgIpc) is 2.90. The largest absolute Gasteiger partial charge is 0.454 e. The van der Waals surface area contributed by atoms with E-state index in [9.17, 15) is 18.8 Å². The number of unbranched alkanes of at least 4 members (excludes halogenated alkanes) is 1. The fourth-order valence-electron chi connectivity index (χ4n) is 2.54. The second kappa shape index (κ2) is 9.45. The van der Waals surface area contributed by atoms with Crippen molar-refractivity contribution in [1.82, 2.24) is 9.78 Å². The van der Waals surface area contributed by atoms with Crippen LogP contribution in [-0.4, -0.2) is 34.0 Å². The van der Waals surface area contributed by atoms with Crippen molar-refractivity contribution in [2.24, 2.45) is 0 Å². The highest BCUT2D eigenvalue weighted by Gasteiger charge is 2.23. The van der Waals surface area contributed by atoms with E-state index in [1.165, 1.54) is 23.7 Å². The van der Waals surface area contributed by atoms with E-state index in [0.29, 0.717) is 12.2 Å². The summed E-state index contributed by atoms with van der Waals surface area (Å²) >= 11 is 6.20. The molecule has 7 nitrogen and oxygen atoms in total. The third-order valence-corrected chi connectivity index (χ3v) is 4.30. The van der Waals surface area contributed by atoms with E-state index in [2.05, 4.69) is 10.4 Å². The number of benzene rings is 1. The molecule has 0 aliphatic rings. The Kier molecular flexibility index (Phi) is 7.28. The van der Waals surface area contributed by atoms with E-state index in [1.807, 2.05) is 6.92 Å². The highest BCUT2D eigenvalue weighted by atomic mass is 35.5. The van der Waals surface area contributed by atoms with Crippen molar-refractivity contribution < 1.29 is 23.5 Å². The van der Waals surface area contributed by atoms with E-state index in [4.69, 9.17) is 16.3 Å². The Morgan fingerprint density at radius 2 is 2.04 bits per heavy atom. The lowest BCUT2D eigenvalue weighted by Crippen LogP contribution is -2.16. The van der Waals surface area contributed by atoms with Crippen LogP contribution in [0.25, 0.3) is 0 Å². The molecule has 0 aliphatic carbocycles. The van der Waals surface area contributed by atoms with E-state index in [-0.39, 0.29) is 27.9 Å². The molecule has 2 rings (SSSR count). The number of nitrogens with one attached hydrogen (secondary N) is 1. The van der Waals surface area contributed by atoms with Crippen molar-refractivity contribution in [3.05, 3.63) is 46.0 Å². The number of aromatic nitrogens is 2. The van der Waals surface area contributed by atoms with Crippen LogP contribution in [0.15, 0.2) is 18.2 Å². The van der Waals surface area contributed by atoms with E-state index in [1.54, 1.807) is 6.92 Å². The van der Waals surface area contributed by atoms with E-state index in [0.717, 1.165) is 18.9 Å². The Morgan fingerprint density at radius 1 is 1.32 bits per heavy atom. The number of Topliss-reactive ketones (excluding diaryl/α,β-unsaturated/α-hetero) is 1. The fraction of sp³-hybridized carbons (Fsp3) is 0.368. The number of carbonyl (C=O) groups is 3. The molecule has 150 valence electrons. The van der Waals surface area contributed by atoms with Gasteiger partial charge in [0.2, 0.25) is 11.7 Å². The number of halogens is 2. The molecule has 0 atom stereocenters. The number of anilines is 1. The van der Waals surface area contributed by atoms with Crippen molar-refractivity contribution in [3.63, 3.8) is 0 Å². The molecule has 0 bridgehead atoms. The van der Waals surface area contributed by atoms with Crippen LogP contribution in [0.5, 0.6) is 0 Å². The van der Waals surface area contributed by atoms with Crippen LogP contribution in [-0.2, 0) is 16.1 Å². The predicted octanol–water partition coefficient (Wildman–Crippen LogP) is 3.78. The maximum absolute atomic E-state index is 14.1. The highest BCUT2D eigenvalue weighted by Crippen LogP contribution is 2.22. The van der Waals surface area contributed by atoms with Crippen molar-refractivity contribution in [2.75, 3.05) is 11.9 Å². The van der Waals surface area contributed by atoms with Gasteiger partial charge in [-0.2, -0.15) is 5.10 Å². The number of amides is 1. The fourth-order valence-corrected chi connectivity index (χ4v) is 2.88. The van der Waals surface area contributed by atoms with E-state index >= 15 is 0 Å². The van der Waals surface area contributed by atoms with Gasteiger partial charge in [0, 0.05) is 19.2 Å². The molecule has 28 heavy (non-hydrogen) atoms.